The van der Waals surface area contributed by atoms with Gasteiger partial charge in [0.2, 0.25) is 17.7 Å². The molecule has 0 bridgehead atoms. The second-order valence-corrected chi connectivity index (χ2v) is 7.87. The molecule has 2 aromatic rings. The van der Waals surface area contributed by atoms with Crippen LogP contribution in [0.25, 0.3) is 0 Å². The van der Waals surface area contributed by atoms with E-state index in [9.17, 15) is 14.4 Å². The van der Waals surface area contributed by atoms with E-state index < -0.39 is 0 Å². The quantitative estimate of drug-likeness (QED) is 0.797. The van der Waals surface area contributed by atoms with Crippen LogP contribution in [0.1, 0.15) is 24.5 Å². The first kappa shape index (κ1) is 21.5. The number of para-hydroxylation sites is 3. The van der Waals surface area contributed by atoms with Crippen molar-refractivity contribution in [2.45, 2.75) is 33.2 Å². The van der Waals surface area contributed by atoms with Gasteiger partial charge in [-0.2, -0.15) is 0 Å². The average molecular weight is 409 g/mol. The van der Waals surface area contributed by atoms with Crippen molar-refractivity contribution in [3.8, 4) is 0 Å². The minimum absolute atomic E-state index is 0.0625. The number of carbonyl (C=O) groups excluding carboxylic acids is 3. The lowest BCUT2D eigenvalue weighted by Gasteiger charge is -2.29. The largest absolute Gasteiger partial charge is 0.324 e. The van der Waals surface area contributed by atoms with E-state index in [4.69, 9.17) is 0 Å². The van der Waals surface area contributed by atoms with Gasteiger partial charge in [0, 0.05) is 18.2 Å². The van der Waals surface area contributed by atoms with Gasteiger partial charge in [-0.15, -0.1) is 0 Å². The van der Waals surface area contributed by atoms with Crippen molar-refractivity contribution in [2.24, 2.45) is 0 Å². The number of aryl methyl sites for hydroxylation is 2. The maximum atomic E-state index is 13.1. The molecule has 1 aliphatic rings. The Morgan fingerprint density at radius 3 is 2.47 bits per heavy atom. The summed E-state index contributed by atoms with van der Waals surface area (Å²) in [5, 5.41) is 5.79. The molecule has 2 aromatic carbocycles. The van der Waals surface area contributed by atoms with E-state index in [0.29, 0.717) is 11.4 Å². The molecular formula is C23H28N4O3. The van der Waals surface area contributed by atoms with Crippen LogP contribution in [-0.4, -0.2) is 48.8 Å². The summed E-state index contributed by atoms with van der Waals surface area (Å²) in [6.45, 7) is 5.90. The van der Waals surface area contributed by atoms with Crippen LogP contribution in [0.5, 0.6) is 0 Å². The van der Waals surface area contributed by atoms with Crippen molar-refractivity contribution in [1.29, 1.82) is 0 Å². The van der Waals surface area contributed by atoms with Gasteiger partial charge < -0.3 is 15.5 Å². The molecule has 7 heteroatoms. The lowest BCUT2D eigenvalue weighted by Crippen LogP contribution is -2.45. The zero-order valence-corrected chi connectivity index (χ0v) is 17.9. The van der Waals surface area contributed by atoms with Crippen molar-refractivity contribution in [1.82, 2.24) is 4.90 Å². The van der Waals surface area contributed by atoms with Crippen molar-refractivity contribution >= 4 is 34.8 Å². The number of carbonyl (C=O) groups is 3. The highest BCUT2D eigenvalue weighted by Gasteiger charge is 2.30. The molecule has 158 valence electrons. The fourth-order valence-electron chi connectivity index (χ4n) is 3.77. The highest BCUT2D eigenvalue weighted by Crippen LogP contribution is 2.31. The number of anilines is 3. The Morgan fingerprint density at radius 1 is 1.10 bits per heavy atom. The molecule has 30 heavy (non-hydrogen) atoms. The van der Waals surface area contributed by atoms with Gasteiger partial charge >= 0.3 is 0 Å². The van der Waals surface area contributed by atoms with Gasteiger partial charge in [-0.25, -0.2) is 0 Å². The number of nitrogens with one attached hydrogen (secondary N) is 2. The van der Waals surface area contributed by atoms with E-state index in [1.807, 2.05) is 57.2 Å². The predicted molar refractivity (Wildman–Crippen MR) is 119 cm³/mol. The van der Waals surface area contributed by atoms with Gasteiger partial charge in [0.25, 0.3) is 0 Å². The Morgan fingerprint density at radius 2 is 1.77 bits per heavy atom. The number of rotatable bonds is 5. The highest BCUT2D eigenvalue weighted by molar-refractivity contribution is 6.05. The van der Waals surface area contributed by atoms with Gasteiger partial charge in [0.1, 0.15) is 0 Å². The first-order valence-electron chi connectivity index (χ1n) is 10.0. The number of hydrogen-bond donors (Lipinski definition) is 2. The highest BCUT2D eigenvalue weighted by atomic mass is 16.2. The van der Waals surface area contributed by atoms with Crippen molar-refractivity contribution in [2.75, 3.05) is 35.7 Å². The molecule has 0 aromatic heterocycles. The van der Waals surface area contributed by atoms with Crippen molar-refractivity contribution < 1.29 is 14.4 Å². The number of likely N-dealkylation sites (N-methyl/N-ethyl adjacent to an activating group) is 1. The van der Waals surface area contributed by atoms with Gasteiger partial charge in [-0.1, -0.05) is 30.3 Å². The molecule has 3 rings (SSSR count). The maximum absolute atomic E-state index is 13.1. The Balaban J connectivity index is 1.68. The fraction of sp³-hybridized carbons (Fsp3) is 0.348. The number of hydrogen-bond acceptors (Lipinski definition) is 4. The average Bonchev–Trinajstić information content (AvgIpc) is 2.78. The third-order valence-electron chi connectivity index (χ3n) is 5.19. The summed E-state index contributed by atoms with van der Waals surface area (Å²) >= 11 is 0. The van der Waals surface area contributed by atoms with Gasteiger partial charge in [-0.3, -0.25) is 19.3 Å². The minimum atomic E-state index is -0.280. The summed E-state index contributed by atoms with van der Waals surface area (Å²) < 4.78 is 0. The molecule has 0 spiro atoms. The lowest BCUT2D eigenvalue weighted by atomic mass is 10.1. The number of nitrogens with zero attached hydrogens (tertiary/aromatic N) is 2. The minimum Gasteiger partial charge on any atom is -0.324 e. The van der Waals surface area contributed by atoms with Crippen LogP contribution in [-0.2, 0) is 14.4 Å². The third kappa shape index (κ3) is 4.86. The number of amides is 3. The Hall–Kier alpha value is -3.19. The van der Waals surface area contributed by atoms with E-state index >= 15 is 0 Å². The van der Waals surface area contributed by atoms with Crippen LogP contribution >= 0.6 is 0 Å². The molecule has 1 atom stereocenters. The Bertz CT molecular complexity index is 952. The van der Waals surface area contributed by atoms with Gasteiger partial charge in [0.05, 0.1) is 24.5 Å². The number of fused-ring (bicyclic) bond motifs is 1. The van der Waals surface area contributed by atoms with Crippen LogP contribution in [0.3, 0.4) is 0 Å². The van der Waals surface area contributed by atoms with E-state index in [2.05, 4.69) is 10.6 Å². The Kier molecular flexibility index (Phi) is 6.52. The van der Waals surface area contributed by atoms with Crippen LogP contribution in [0.15, 0.2) is 42.5 Å². The van der Waals surface area contributed by atoms with E-state index in [1.165, 1.54) is 0 Å². The second-order valence-electron chi connectivity index (χ2n) is 7.87. The summed E-state index contributed by atoms with van der Waals surface area (Å²) in [7, 11) is 1.74. The van der Waals surface area contributed by atoms with Crippen molar-refractivity contribution in [3.63, 3.8) is 0 Å². The Labute approximate surface area is 177 Å². The van der Waals surface area contributed by atoms with E-state index in [-0.39, 0.29) is 43.3 Å². The van der Waals surface area contributed by atoms with Crippen LogP contribution in [0.4, 0.5) is 17.1 Å². The molecule has 7 nitrogen and oxygen atoms in total. The molecule has 1 heterocycles. The van der Waals surface area contributed by atoms with Crippen LogP contribution in [0, 0.1) is 13.8 Å². The summed E-state index contributed by atoms with van der Waals surface area (Å²) in [5.74, 6) is -0.454. The molecule has 0 radical (unpaired) electrons. The summed E-state index contributed by atoms with van der Waals surface area (Å²) in [5.41, 5.74) is 4.09. The van der Waals surface area contributed by atoms with Gasteiger partial charge in [0.15, 0.2) is 0 Å². The van der Waals surface area contributed by atoms with Gasteiger partial charge in [-0.05, 0) is 51.1 Å². The molecule has 0 aliphatic carbocycles. The molecule has 0 fully saturated rings. The zero-order valence-electron chi connectivity index (χ0n) is 17.9. The monoisotopic (exact) mass is 408 g/mol. The van der Waals surface area contributed by atoms with Crippen LogP contribution < -0.4 is 15.5 Å². The van der Waals surface area contributed by atoms with Crippen LogP contribution in [0.2, 0.25) is 0 Å². The van der Waals surface area contributed by atoms with Crippen molar-refractivity contribution in [3.05, 3.63) is 53.6 Å². The first-order chi connectivity index (χ1) is 14.3. The predicted octanol–water partition coefficient (Wildman–Crippen LogP) is 2.94. The molecule has 0 saturated carbocycles. The smallest absolute Gasteiger partial charge is 0.241 e. The normalized spacial score (nSPS) is 16.0. The fourth-order valence-corrected chi connectivity index (χ4v) is 3.77. The second kappa shape index (κ2) is 9.09. The van der Waals surface area contributed by atoms with E-state index in [1.54, 1.807) is 22.9 Å². The molecular weight excluding hydrogens is 380 g/mol. The SMILES string of the molecule is Cc1cccc(C)c1NC(=O)CN(C)CC(=O)N1c2ccccc2NC(=O)C[C@@H]1C. The molecule has 1 aliphatic heterocycles. The summed E-state index contributed by atoms with van der Waals surface area (Å²) in [4.78, 5) is 41.1. The summed E-state index contributed by atoms with van der Waals surface area (Å²) in [6, 6.07) is 12.8. The standard InChI is InChI=1S/C23H28N4O3/c1-15-8-7-9-16(2)23(15)25-21(29)13-26(4)14-22(30)27-17(3)12-20(28)24-18-10-5-6-11-19(18)27/h5-11,17H,12-14H2,1-4H3,(H,24,28)(H,25,29)/t17-/m0/s1. The first-order valence-corrected chi connectivity index (χ1v) is 10.0. The summed E-state index contributed by atoms with van der Waals surface area (Å²) in [6.07, 6.45) is 0.219. The molecule has 0 saturated heterocycles. The topological polar surface area (TPSA) is 81.8 Å². The van der Waals surface area contributed by atoms with E-state index in [0.717, 1.165) is 16.8 Å². The maximum Gasteiger partial charge on any atom is 0.241 e. The zero-order chi connectivity index (χ0) is 21.8. The molecule has 2 N–H and O–H groups in total. The lowest BCUT2D eigenvalue weighted by molar-refractivity contribution is -0.121. The number of benzene rings is 2. The molecule has 0 unspecified atom stereocenters. The third-order valence-corrected chi connectivity index (χ3v) is 5.19. The molecule has 3 amide bonds.